The first-order valence-electron chi connectivity index (χ1n) is 4.82. The molecule has 0 atom stereocenters. The molecule has 0 radical (unpaired) electrons. The molecule has 0 aliphatic heterocycles. The van der Waals surface area contributed by atoms with E-state index in [1.807, 2.05) is 18.2 Å². The maximum atomic E-state index is 9.45. The Kier molecular flexibility index (Phi) is 4.33. The molecule has 1 rings (SSSR count). The van der Waals surface area contributed by atoms with Gasteiger partial charge >= 0.3 is 0 Å². The number of para-hydroxylation sites is 1. The number of hydrogen-bond donors (Lipinski definition) is 2. The molecule has 1 aromatic carbocycles. The highest BCUT2D eigenvalue weighted by Gasteiger charge is 1.97. The standard InChI is InChI=1S/C11H17NO/c1-2-12-9-5-7-10-6-3-4-8-11(10)13/h3-4,6,8,12-13H,2,5,7,9H2,1H3. The van der Waals surface area contributed by atoms with E-state index in [2.05, 4.69) is 12.2 Å². The van der Waals surface area contributed by atoms with Crippen LogP contribution in [0.5, 0.6) is 5.75 Å². The summed E-state index contributed by atoms with van der Waals surface area (Å²) < 4.78 is 0. The van der Waals surface area contributed by atoms with E-state index in [4.69, 9.17) is 0 Å². The second-order valence-corrected chi connectivity index (χ2v) is 3.09. The quantitative estimate of drug-likeness (QED) is 0.677. The van der Waals surface area contributed by atoms with Crippen molar-refractivity contribution in [3.63, 3.8) is 0 Å². The third-order valence-electron chi connectivity index (χ3n) is 2.04. The highest BCUT2D eigenvalue weighted by atomic mass is 16.3. The summed E-state index contributed by atoms with van der Waals surface area (Å²) >= 11 is 0. The molecule has 2 N–H and O–H groups in total. The van der Waals surface area contributed by atoms with E-state index in [9.17, 15) is 5.11 Å². The first kappa shape index (κ1) is 10.1. The summed E-state index contributed by atoms with van der Waals surface area (Å²) in [5.74, 6) is 0.416. The predicted molar refractivity (Wildman–Crippen MR) is 55.0 cm³/mol. The summed E-state index contributed by atoms with van der Waals surface area (Å²) in [6.45, 7) is 4.13. The Labute approximate surface area is 79.6 Å². The maximum Gasteiger partial charge on any atom is 0.118 e. The fourth-order valence-corrected chi connectivity index (χ4v) is 1.30. The topological polar surface area (TPSA) is 32.3 Å². The van der Waals surface area contributed by atoms with Crippen LogP contribution in [0.1, 0.15) is 18.9 Å². The van der Waals surface area contributed by atoms with Crippen molar-refractivity contribution >= 4 is 0 Å². The summed E-state index contributed by atoms with van der Waals surface area (Å²) in [5, 5.41) is 12.7. The smallest absolute Gasteiger partial charge is 0.118 e. The molecule has 0 fully saturated rings. The zero-order chi connectivity index (χ0) is 9.52. The zero-order valence-corrected chi connectivity index (χ0v) is 8.09. The molecule has 13 heavy (non-hydrogen) atoms. The Hall–Kier alpha value is -1.02. The highest BCUT2D eigenvalue weighted by molar-refractivity contribution is 5.31. The first-order chi connectivity index (χ1) is 6.34. The summed E-state index contributed by atoms with van der Waals surface area (Å²) in [5.41, 5.74) is 1.04. The molecule has 0 spiro atoms. The number of hydrogen-bond acceptors (Lipinski definition) is 2. The van der Waals surface area contributed by atoms with Crippen molar-refractivity contribution in [1.29, 1.82) is 0 Å². The summed E-state index contributed by atoms with van der Waals surface area (Å²) in [6.07, 6.45) is 2.02. The van der Waals surface area contributed by atoms with Gasteiger partial charge in [0.25, 0.3) is 0 Å². The Morgan fingerprint density at radius 1 is 1.31 bits per heavy atom. The van der Waals surface area contributed by atoms with E-state index < -0.39 is 0 Å². The van der Waals surface area contributed by atoms with Crippen molar-refractivity contribution in [2.24, 2.45) is 0 Å². The Bertz CT molecular complexity index is 248. The third-order valence-corrected chi connectivity index (χ3v) is 2.04. The molecule has 72 valence electrons. The van der Waals surface area contributed by atoms with E-state index in [1.54, 1.807) is 6.07 Å². The van der Waals surface area contributed by atoms with E-state index in [0.29, 0.717) is 5.75 Å². The molecule has 2 heteroatoms. The zero-order valence-electron chi connectivity index (χ0n) is 8.09. The monoisotopic (exact) mass is 179 g/mol. The lowest BCUT2D eigenvalue weighted by molar-refractivity contribution is 0.466. The van der Waals surface area contributed by atoms with Crippen LogP contribution in [0.3, 0.4) is 0 Å². The fraction of sp³-hybridized carbons (Fsp3) is 0.455. The minimum atomic E-state index is 0.416. The number of aryl methyl sites for hydroxylation is 1. The third kappa shape index (κ3) is 3.47. The van der Waals surface area contributed by atoms with Gasteiger partial charge in [-0.05, 0) is 37.6 Å². The van der Waals surface area contributed by atoms with Gasteiger partial charge in [0.15, 0.2) is 0 Å². The van der Waals surface area contributed by atoms with Crippen LogP contribution in [0, 0.1) is 0 Å². The summed E-state index contributed by atoms with van der Waals surface area (Å²) in [6, 6.07) is 7.52. The van der Waals surface area contributed by atoms with Crippen molar-refractivity contribution in [2.45, 2.75) is 19.8 Å². The van der Waals surface area contributed by atoms with Crippen molar-refractivity contribution in [3.8, 4) is 5.75 Å². The lowest BCUT2D eigenvalue weighted by Crippen LogP contribution is -2.14. The Balaban J connectivity index is 2.32. The lowest BCUT2D eigenvalue weighted by Gasteiger charge is -2.04. The first-order valence-corrected chi connectivity index (χ1v) is 4.82. The second kappa shape index (κ2) is 5.60. The van der Waals surface area contributed by atoms with Gasteiger partial charge in [-0.1, -0.05) is 25.1 Å². The minimum absolute atomic E-state index is 0.416. The molecule has 0 aromatic heterocycles. The van der Waals surface area contributed by atoms with Gasteiger partial charge in [0.05, 0.1) is 0 Å². The average molecular weight is 179 g/mol. The molecular formula is C11H17NO. The van der Waals surface area contributed by atoms with E-state index in [-0.39, 0.29) is 0 Å². The minimum Gasteiger partial charge on any atom is -0.508 e. The van der Waals surface area contributed by atoms with Gasteiger partial charge in [0.1, 0.15) is 5.75 Å². The van der Waals surface area contributed by atoms with Crippen LogP contribution in [0.25, 0.3) is 0 Å². The number of phenols is 1. The van der Waals surface area contributed by atoms with Crippen LogP contribution in [-0.4, -0.2) is 18.2 Å². The van der Waals surface area contributed by atoms with Crippen molar-refractivity contribution in [1.82, 2.24) is 5.32 Å². The normalized spacial score (nSPS) is 10.2. The van der Waals surface area contributed by atoms with Crippen LogP contribution >= 0.6 is 0 Å². The van der Waals surface area contributed by atoms with Crippen LogP contribution in [0.15, 0.2) is 24.3 Å². The van der Waals surface area contributed by atoms with Gasteiger partial charge in [0.2, 0.25) is 0 Å². The molecular weight excluding hydrogens is 162 g/mol. The maximum absolute atomic E-state index is 9.45. The SMILES string of the molecule is CCNCCCc1ccccc1O. The fourth-order valence-electron chi connectivity index (χ4n) is 1.30. The molecule has 0 saturated heterocycles. The van der Waals surface area contributed by atoms with Crippen molar-refractivity contribution in [3.05, 3.63) is 29.8 Å². The number of rotatable bonds is 5. The molecule has 0 aliphatic rings. The van der Waals surface area contributed by atoms with Crippen LogP contribution < -0.4 is 5.32 Å². The molecule has 2 nitrogen and oxygen atoms in total. The summed E-state index contributed by atoms with van der Waals surface area (Å²) in [4.78, 5) is 0. The van der Waals surface area contributed by atoms with E-state index >= 15 is 0 Å². The number of aromatic hydroxyl groups is 1. The highest BCUT2D eigenvalue weighted by Crippen LogP contribution is 2.16. The van der Waals surface area contributed by atoms with Gasteiger partial charge in [-0.3, -0.25) is 0 Å². The van der Waals surface area contributed by atoms with Gasteiger partial charge < -0.3 is 10.4 Å². The molecule has 0 saturated carbocycles. The molecule has 0 heterocycles. The average Bonchev–Trinajstić information content (AvgIpc) is 2.15. The van der Waals surface area contributed by atoms with Gasteiger partial charge in [0, 0.05) is 0 Å². The van der Waals surface area contributed by atoms with Gasteiger partial charge in [-0.15, -0.1) is 0 Å². The number of phenolic OH excluding ortho intramolecular Hbond substituents is 1. The van der Waals surface area contributed by atoms with Crippen molar-refractivity contribution < 1.29 is 5.11 Å². The van der Waals surface area contributed by atoms with Gasteiger partial charge in [-0.25, -0.2) is 0 Å². The molecule has 0 bridgehead atoms. The number of nitrogens with one attached hydrogen (secondary N) is 1. The summed E-state index contributed by atoms with van der Waals surface area (Å²) in [7, 11) is 0. The van der Waals surface area contributed by atoms with Crippen LogP contribution in [-0.2, 0) is 6.42 Å². The number of benzene rings is 1. The van der Waals surface area contributed by atoms with Crippen LogP contribution in [0.2, 0.25) is 0 Å². The Morgan fingerprint density at radius 3 is 2.77 bits per heavy atom. The lowest BCUT2D eigenvalue weighted by atomic mass is 10.1. The molecule has 0 aliphatic carbocycles. The molecule has 0 amide bonds. The predicted octanol–water partition coefficient (Wildman–Crippen LogP) is 1.93. The molecule has 0 unspecified atom stereocenters. The van der Waals surface area contributed by atoms with Crippen molar-refractivity contribution in [2.75, 3.05) is 13.1 Å². The molecule has 1 aromatic rings. The van der Waals surface area contributed by atoms with Gasteiger partial charge in [-0.2, -0.15) is 0 Å². The van der Waals surface area contributed by atoms with E-state index in [1.165, 1.54) is 0 Å². The van der Waals surface area contributed by atoms with Crippen LogP contribution in [0.4, 0.5) is 0 Å². The largest absolute Gasteiger partial charge is 0.508 e. The second-order valence-electron chi connectivity index (χ2n) is 3.09. The Morgan fingerprint density at radius 2 is 2.08 bits per heavy atom. The van der Waals surface area contributed by atoms with E-state index in [0.717, 1.165) is 31.5 Å².